The van der Waals surface area contributed by atoms with Crippen LogP contribution in [0.3, 0.4) is 0 Å². The average Bonchev–Trinajstić information content (AvgIpc) is 3.06. The van der Waals surface area contributed by atoms with Crippen molar-refractivity contribution in [1.29, 1.82) is 0 Å². The second-order valence-electron chi connectivity index (χ2n) is 7.24. The minimum Gasteiger partial charge on any atom is -0.348 e. The maximum atomic E-state index is 13.2. The summed E-state index contributed by atoms with van der Waals surface area (Å²) < 4.78 is 1.73. The number of rotatable bonds is 3. The van der Waals surface area contributed by atoms with Gasteiger partial charge in [0, 0.05) is 27.6 Å². The van der Waals surface area contributed by atoms with Crippen LogP contribution in [0.2, 0.25) is 0 Å². The van der Waals surface area contributed by atoms with E-state index in [9.17, 15) is 9.59 Å². The van der Waals surface area contributed by atoms with Crippen LogP contribution in [0.1, 0.15) is 30.8 Å². The lowest BCUT2D eigenvalue weighted by Gasteiger charge is -2.12. The third-order valence-corrected chi connectivity index (χ3v) is 5.49. The van der Waals surface area contributed by atoms with Crippen molar-refractivity contribution >= 4 is 44.0 Å². The molecule has 0 unspecified atom stereocenters. The van der Waals surface area contributed by atoms with Crippen LogP contribution in [-0.4, -0.2) is 21.3 Å². The van der Waals surface area contributed by atoms with E-state index < -0.39 is 0 Å². The van der Waals surface area contributed by atoms with Crippen molar-refractivity contribution in [2.24, 2.45) is 0 Å². The summed E-state index contributed by atoms with van der Waals surface area (Å²) in [6.45, 7) is 4.00. The Hall–Kier alpha value is -3.47. The Morgan fingerprint density at radius 1 is 1.04 bits per heavy atom. The number of hydrogen-bond acceptors (Lipinski definition) is 3. The van der Waals surface area contributed by atoms with E-state index in [1.807, 2.05) is 62.4 Å². The van der Waals surface area contributed by atoms with Crippen molar-refractivity contribution in [3.8, 4) is 0 Å². The quantitative estimate of drug-likeness (QED) is 0.487. The predicted molar refractivity (Wildman–Crippen MR) is 112 cm³/mol. The molecule has 1 atom stereocenters. The molecule has 0 aliphatic carbocycles. The van der Waals surface area contributed by atoms with E-state index in [-0.39, 0.29) is 17.5 Å². The first-order valence-electron chi connectivity index (χ1n) is 9.49. The van der Waals surface area contributed by atoms with Crippen molar-refractivity contribution in [3.05, 3.63) is 70.6 Å². The second kappa shape index (κ2) is 6.02. The van der Waals surface area contributed by atoms with Gasteiger partial charge in [-0.3, -0.25) is 14.0 Å². The summed E-state index contributed by atoms with van der Waals surface area (Å²) in [5.74, 6) is -0.196. The first-order valence-corrected chi connectivity index (χ1v) is 9.49. The fourth-order valence-corrected chi connectivity index (χ4v) is 3.90. The maximum Gasteiger partial charge on any atom is 0.270 e. The molecule has 3 heterocycles. The number of aromatic nitrogens is 2. The molecule has 5 nitrogen and oxygen atoms in total. The summed E-state index contributed by atoms with van der Waals surface area (Å²) in [5, 5.41) is 6.18. The van der Waals surface area contributed by atoms with Gasteiger partial charge >= 0.3 is 0 Å². The molecule has 0 radical (unpaired) electrons. The third kappa shape index (κ3) is 2.22. The van der Waals surface area contributed by atoms with Gasteiger partial charge in [0.15, 0.2) is 0 Å². The average molecular weight is 369 g/mol. The van der Waals surface area contributed by atoms with Gasteiger partial charge in [-0.1, -0.05) is 43.3 Å². The predicted octanol–water partition coefficient (Wildman–Crippen LogP) is 4.12. The van der Waals surface area contributed by atoms with Crippen molar-refractivity contribution in [2.75, 3.05) is 0 Å². The van der Waals surface area contributed by atoms with Gasteiger partial charge < -0.3 is 5.32 Å². The molecule has 2 aromatic carbocycles. The number of pyridine rings is 2. The van der Waals surface area contributed by atoms with Crippen LogP contribution < -0.4 is 10.9 Å². The van der Waals surface area contributed by atoms with E-state index in [1.165, 1.54) is 0 Å². The van der Waals surface area contributed by atoms with Gasteiger partial charge in [0.1, 0.15) is 5.69 Å². The highest BCUT2D eigenvalue weighted by Gasteiger charge is 2.21. The molecule has 5 heteroatoms. The van der Waals surface area contributed by atoms with Crippen LogP contribution in [0.25, 0.3) is 38.1 Å². The van der Waals surface area contributed by atoms with Gasteiger partial charge in [-0.25, -0.2) is 4.98 Å². The van der Waals surface area contributed by atoms with Crippen molar-refractivity contribution in [3.63, 3.8) is 0 Å². The number of nitrogens with zero attached hydrogens (tertiary/aromatic N) is 2. The summed E-state index contributed by atoms with van der Waals surface area (Å²) in [7, 11) is 0. The maximum absolute atomic E-state index is 13.2. The fourth-order valence-electron chi connectivity index (χ4n) is 3.90. The topological polar surface area (TPSA) is 63.5 Å². The summed E-state index contributed by atoms with van der Waals surface area (Å²) in [6.07, 6.45) is 0.845. The van der Waals surface area contributed by atoms with E-state index in [0.29, 0.717) is 16.6 Å². The fraction of sp³-hybridized carbons (Fsp3) is 0.174. The molecular weight excluding hydrogens is 350 g/mol. The monoisotopic (exact) mass is 369 g/mol. The standard InChI is InChI=1S/C23H19N3O2/c1-3-13(2)24-22(27)18-12-17-14-8-6-7-11-19(14)26-21(17)20(25-18)15-9-4-5-10-16(15)23(26)28/h4-13H,3H2,1-2H3,(H,24,27)/t13-/m0/s1. The molecule has 138 valence electrons. The molecule has 0 spiro atoms. The van der Waals surface area contributed by atoms with E-state index in [2.05, 4.69) is 5.32 Å². The van der Waals surface area contributed by atoms with Crippen LogP contribution in [0.5, 0.6) is 0 Å². The molecule has 28 heavy (non-hydrogen) atoms. The lowest BCUT2D eigenvalue weighted by atomic mass is 10.1. The minimum absolute atomic E-state index is 0.0621. The molecule has 0 aliphatic heterocycles. The smallest absolute Gasteiger partial charge is 0.270 e. The van der Waals surface area contributed by atoms with Gasteiger partial charge in [0.05, 0.1) is 16.6 Å². The Kier molecular flexibility index (Phi) is 3.59. The zero-order chi connectivity index (χ0) is 19.4. The zero-order valence-corrected chi connectivity index (χ0v) is 15.7. The molecule has 0 saturated carbocycles. The van der Waals surface area contributed by atoms with Crippen LogP contribution in [0.4, 0.5) is 0 Å². The van der Waals surface area contributed by atoms with E-state index in [1.54, 1.807) is 10.5 Å². The Morgan fingerprint density at radius 2 is 1.71 bits per heavy atom. The molecule has 0 aliphatic rings. The number of carbonyl (C=O) groups is 1. The lowest BCUT2D eigenvalue weighted by Crippen LogP contribution is -2.32. The van der Waals surface area contributed by atoms with Crippen molar-refractivity contribution in [1.82, 2.24) is 14.7 Å². The number of nitrogens with one attached hydrogen (secondary N) is 1. The molecule has 5 aromatic rings. The first-order chi connectivity index (χ1) is 13.6. The number of para-hydroxylation sites is 1. The van der Waals surface area contributed by atoms with E-state index in [4.69, 9.17) is 4.98 Å². The van der Waals surface area contributed by atoms with Crippen LogP contribution in [-0.2, 0) is 0 Å². The van der Waals surface area contributed by atoms with Gasteiger partial charge in [-0.05, 0) is 31.5 Å². The van der Waals surface area contributed by atoms with Crippen LogP contribution in [0, 0.1) is 0 Å². The molecular formula is C23H19N3O2. The number of fused-ring (bicyclic) bond motifs is 5. The van der Waals surface area contributed by atoms with Gasteiger partial charge in [-0.15, -0.1) is 0 Å². The van der Waals surface area contributed by atoms with Gasteiger partial charge in [-0.2, -0.15) is 0 Å². The Bertz CT molecular complexity index is 1430. The largest absolute Gasteiger partial charge is 0.348 e. The van der Waals surface area contributed by atoms with E-state index >= 15 is 0 Å². The number of carbonyl (C=O) groups excluding carboxylic acids is 1. The van der Waals surface area contributed by atoms with Gasteiger partial charge in [0.2, 0.25) is 0 Å². The SMILES string of the molecule is CC[C@H](C)NC(=O)c1cc2c3ccccc3n3c(=O)c4ccccc4c(n1)c23. The highest BCUT2D eigenvalue weighted by atomic mass is 16.2. The number of hydrogen-bond donors (Lipinski definition) is 1. The van der Waals surface area contributed by atoms with Crippen LogP contribution in [0.15, 0.2) is 59.4 Å². The number of benzene rings is 2. The van der Waals surface area contributed by atoms with Crippen molar-refractivity contribution in [2.45, 2.75) is 26.3 Å². The number of amides is 1. The highest BCUT2D eigenvalue weighted by Crippen LogP contribution is 2.33. The summed E-state index contributed by atoms with van der Waals surface area (Å²) in [4.78, 5) is 30.7. The molecule has 0 bridgehead atoms. The summed E-state index contributed by atoms with van der Waals surface area (Å²) in [6, 6.07) is 17.1. The Labute approximate surface area is 161 Å². The van der Waals surface area contributed by atoms with Crippen LogP contribution >= 0.6 is 0 Å². The molecule has 1 N–H and O–H groups in total. The van der Waals surface area contributed by atoms with Gasteiger partial charge in [0.25, 0.3) is 11.5 Å². The molecule has 3 aromatic heterocycles. The molecule has 0 fully saturated rings. The minimum atomic E-state index is -0.196. The van der Waals surface area contributed by atoms with E-state index in [0.717, 1.165) is 33.6 Å². The first kappa shape index (κ1) is 16.7. The Balaban J connectivity index is 1.97. The molecule has 5 rings (SSSR count). The normalized spacial score (nSPS) is 12.9. The molecule has 1 amide bonds. The summed E-state index contributed by atoms with van der Waals surface area (Å²) in [5.41, 5.74) is 2.59. The summed E-state index contributed by atoms with van der Waals surface area (Å²) >= 11 is 0. The Morgan fingerprint density at radius 3 is 2.46 bits per heavy atom. The molecule has 0 saturated heterocycles. The lowest BCUT2D eigenvalue weighted by molar-refractivity contribution is 0.0934. The third-order valence-electron chi connectivity index (χ3n) is 5.49. The highest BCUT2D eigenvalue weighted by molar-refractivity contribution is 6.20. The zero-order valence-electron chi connectivity index (χ0n) is 15.7. The second-order valence-corrected chi connectivity index (χ2v) is 7.24. The van der Waals surface area contributed by atoms with Crippen molar-refractivity contribution < 1.29 is 4.79 Å².